The summed E-state index contributed by atoms with van der Waals surface area (Å²) in [5.74, 6) is -0.617. The lowest BCUT2D eigenvalue weighted by molar-refractivity contribution is 0.0695. The SMILES string of the molecule is COC[C@H](C)Oc1cc(NC(=O)c2ccc(C(=O)O)cn2)cc(Oc2ccc(S(C)(=O)=O)cc2)c1. The number of hydrogen-bond donors (Lipinski definition) is 2. The quantitative estimate of drug-likeness (QED) is 0.427. The number of carbonyl (C=O) groups excluding carboxylic acids is 1. The Hall–Kier alpha value is -3.96. The van der Waals surface area contributed by atoms with Crippen molar-refractivity contribution in [3.05, 3.63) is 72.1 Å². The lowest BCUT2D eigenvalue weighted by Crippen LogP contribution is -2.18. The average Bonchev–Trinajstić information content (AvgIpc) is 2.79. The highest BCUT2D eigenvalue weighted by atomic mass is 32.2. The summed E-state index contributed by atoms with van der Waals surface area (Å²) in [6, 6.07) is 13.3. The Balaban J connectivity index is 1.86. The van der Waals surface area contributed by atoms with Gasteiger partial charge in [-0.3, -0.25) is 9.78 Å². The van der Waals surface area contributed by atoms with Crippen LogP contribution in [0.5, 0.6) is 17.2 Å². The van der Waals surface area contributed by atoms with Gasteiger partial charge in [0, 0.05) is 43.4 Å². The zero-order valence-electron chi connectivity index (χ0n) is 19.2. The van der Waals surface area contributed by atoms with Crippen LogP contribution in [-0.4, -0.2) is 56.5 Å². The Morgan fingerprint density at radius 3 is 2.29 bits per heavy atom. The van der Waals surface area contributed by atoms with Crippen molar-refractivity contribution in [3.8, 4) is 17.2 Å². The molecular formula is C24H24N2O8S. The number of methoxy groups -OCH3 is 1. The van der Waals surface area contributed by atoms with Gasteiger partial charge in [0.25, 0.3) is 5.91 Å². The number of ether oxygens (including phenoxy) is 3. The van der Waals surface area contributed by atoms with E-state index in [1.54, 1.807) is 25.3 Å². The minimum atomic E-state index is -3.35. The molecule has 0 fully saturated rings. The number of pyridine rings is 1. The molecule has 35 heavy (non-hydrogen) atoms. The molecule has 2 N–H and O–H groups in total. The number of hydrogen-bond acceptors (Lipinski definition) is 8. The van der Waals surface area contributed by atoms with Gasteiger partial charge in [0.1, 0.15) is 29.0 Å². The third kappa shape index (κ3) is 7.26. The summed E-state index contributed by atoms with van der Waals surface area (Å²) < 4.78 is 40.2. The zero-order valence-corrected chi connectivity index (χ0v) is 20.0. The largest absolute Gasteiger partial charge is 0.488 e. The zero-order chi connectivity index (χ0) is 25.6. The molecule has 10 nitrogen and oxygen atoms in total. The standard InChI is InChI=1S/C24H24N2O8S/c1-15(14-32-2)33-19-10-17(26-23(27)22-9-4-16(13-25-22)24(28)29)11-20(12-19)34-18-5-7-21(8-6-18)35(3,30)31/h4-13,15H,14H2,1-3H3,(H,26,27)(H,28,29)/t15-/m0/s1. The van der Waals surface area contributed by atoms with Gasteiger partial charge in [0.15, 0.2) is 9.84 Å². The van der Waals surface area contributed by atoms with Gasteiger partial charge in [-0.15, -0.1) is 0 Å². The van der Waals surface area contributed by atoms with E-state index < -0.39 is 21.7 Å². The molecule has 0 unspecified atom stereocenters. The van der Waals surface area contributed by atoms with E-state index in [0.29, 0.717) is 29.5 Å². The molecule has 0 aliphatic carbocycles. The Kier molecular flexibility index (Phi) is 8.05. The van der Waals surface area contributed by atoms with Crippen LogP contribution in [0.2, 0.25) is 0 Å². The second kappa shape index (κ2) is 11.0. The molecule has 1 atom stereocenters. The number of benzene rings is 2. The summed E-state index contributed by atoms with van der Waals surface area (Å²) >= 11 is 0. The molecular weight excluding hydrogens is 476 g/mol. The highest BCUT2D eigenvalue weighted by molar-refractivity contribution is 7.90. The predicted molar refractivity (Wildman–Crippen MR) is 127 cm³/mol. The maximum atomic E-state index is 12.7. The van der Waals surface area contributed by atoms with Crippen LogP contribution < -0.4 is 14.8 Å². The van der Waals surface area contributed by atoms with Crippen molar-refractivity contribution in [2.24, 2.45) is 0 Å². The molecule has 0 saturated heterocycles. The molecule has 184 valence electrons. The van der Waals surface area contributed by atoms with Crippen LogP contribution in [0.25, 0.3) is 0 Å². The first-order chi connectivity index (χ1) is 16.5. The molecule has 2 aromatic carbocycles. The lowest BCUT2D eigenvalue weighted by atomic mass is 10.2. The predicted octanol–water partition coefficient (Wildman–Crippen LogP) is 3.64. The molecule has 0 bridgehead atoms. The maximum absolute atomic E-state index is 12.7. The smallest absolute Gasteiger partial charge is 0.337 e. The fraction of sp³-hybridized carbons (Fsp3) is 0.208. The van der Waals surface area contributed by atoms with E-state index in [1.807, 2.05) is 6.92 Å². The van der Waals surface area contributed by atoms with Crippen molar-refractivity contribution >= 4 is 27.4 Å². The highest BCUT2D eigenvalue weighted by Gasteiger charge is 2.14. The molecule has 1 amide bonds. The van der Waals surface area contributed by atoms with Crippen molar-refractivity contribution in [1.29, 1.82) is 0 Å². The summed E-state index contributed by atoms with van der Waals surface area (Å²) in [6.45, 7) is 2.15. The van der Waals surface area contributed by atoms with E-state index in [4.69, 9.17) is 19.3 Å². The molecule has 3 aromatic rings. The van der Waals surface area contributed by atoms with E-state index in [9.17, 15) is 18.0 Å². The Labute approximate surface area is 202 Å². The number of nitrogens with one attached hydrogen (secondary N) is 1. The van der Waals surface area contributed by atoms with E-state index in [-0.39, 0.29) is 22.3 Å². The van der Waals surface area contributed by atoms with Gasteiger partial charge in [-0.2, -0.15) is 0 Å². The Bertz CT molecular complexity index is 1310. The van der Waals surface area contributed by atoms with Crippen molar-refractivity contribution in [3.63, 3.8) is 0 Å². The van der Waals surface area contributed by atoms with Crippen molar-refractivity contribution in [2.75, 3.05) is 25.3 Å². The van der Waals surface area contributed by atoms with E-state index in [1.165, 1.54) is 36.4 Å². The summed E-state index contributed by atoms with van der Waals surface area (Å²) in [5.41, 5.74) is 0.318. The number of sulfone groups is 1. The van der Waals surface area contributed by atoms with Crippen LogP contribution in [-0.2, 0) is 14.6 Å². The van der Waals surface area contributed by atoms with E-state index in [0.717, 1.165) is 12.5 Å². The molecule has 1 aromatic heterocycles. The van der Waals surface area contributed by atoms with E-state index >= 15 is 0 Å². The fourth-order valence-electron chi connectivity index (χ4n) is 3.01. The van der Waals surface area contributed by atoms with Gasteiger partial charge in [-0.05, 0) is 43.3 Å². The number of anilines is 1. The minimum absolute atomic E-state index is 0.0212. The fourth-order valence-corrected chi connectivity index (χ4v) is 3.64. The Morgan fingerprint density at radius 1 is 1.03 bits per heavy atom. The molecule has 0 aliphatic rings. The molecule has 11 heteroatoms. The number of aromatic nitrogens is 1. The maximum Gasteiger partial charge on any atom is 0.337 e. The highest BCUT2D eigenvalue weighted by Crippen LogP contribution is 2.31. The van der Waals surface area contributed by atoms with Gasteiger partial charge in [-0.1, -0.05) is 0 Å². The van der Waals surface area contributed by atoms with Gasteiger partial charge in [0.2, 0.25) is 0 Å². The summed E-state index contributed by atoms with van der Waals surface area (Å²) in [5, 5.41) is 11.7. The number of carboxylic acids is 1. The number of amides is 1. The van der Waals surface area contributed by atoms with Crippen LogP contribution in [0.3, 0.4) is 0 Å². The molecule has 0 radical (unpaired) electrons. The van der Waals surface area contributed by atoms with Crippen molar-refractivity contribution < 1.29 is 37.3 Å². The second-order valence-corrected chi connectivity index (χ2v) is 9.63. The summed E-state index contributed by atoms with van der Waals surface area (Å²) in [6.07, 6.45) is 1.92. The van der Waals surface area contributed by atoms with Gasteiger partial charge in [0.05, 0.1) is 17.1 Å². The summed E-state index contributed by atoms with van der Waals surface area (Å²) in [4.78, 5) is 27.7. The monoisotopic (exact) mass is 500 g/mol. The molecule has 0 saturated carbocycles. The number of aromatic carboxylic acids is 1. The van der Waals surface area contributed by atoms with Gasteiger partial charge in [-0.25, -0.2) is 13.2 Å². The summed E-state index contributed by atoms with van der Waals surface area (Å²) in [7, 11) is -1.80. The molecule has 1 heterocycles. The van der Waals surface area contributed by atoms with Crippen LogP contribution in [0.4, 0.5) is 5.69 Å². The van der Waals surface area contributed by atoms with Crippen LogP contribution >= 0.6 is 0 Å². The topological polar surface area (TPSA) is 141 Å². The molecule has 0 spiro atoms. The van der Waals surface area contributed by atoms with E-state index in [2.05, 4.69) is 10.3 Å². The first-order valence-corrected chi connectivity index (χ1v) is 12.2. The first kappa shape index (κ1) is 25.7. The molecule has 3 rings (SSSR count). The third-order valence-electron chi connectivity index (χ3n) is 4.61. The van der Waals surface area contributed by atoms with Crippen LogP contribution in [0.1, 0.15) is 27.8 Å². The number of nitrogens with zero attached hydrogens (tertiary/aromatic N) is 1. The van der Waals surface area contributed by atoms with Crippen molar-refractivity contribution in [1.82, 2.24) is 4.98 Å². The minimum Gasteiger partial charge on any atom is -0.488 e. The second-order valence-electron chi connectivity index (χ2n) is 7.61. The molecule has 0 aliphatic heterocycles. The van der Waals surface area contributed by atoms with Crippen molar-refractivity contribution in [2.45, 2.75) is 17.9 Å². The number of rotatable bonds is 10. The van der Waals surface area contributed by atoms with Crippen LogP contribution in [0.15, 0.2) is 65.7 Å². The average molecular weight is 501 g/mol. The van der Waals surface area contributed by atoms with Gasteiger partial charge >= 0.3 is 5.97 Å². The lowest BCUT2D eigenvalue weighted by Gasteiger charge is -2.16. The number of carboxylic acid groups (broad SMARTS) is 1. The first-order valence-electron chi connectivity index (χ1n) is 10.3. The normalized spacial score (nSPS) is 12.0. The van der Waals surface area contributed by atoms with Gasteiger partial charge < -0.3 is 24.6 Å². The van der Waals surface area contributed by atoms with Crippen LogP contribution in [0, 0.1) is 0 Å². The number of carbonyl (C=O) groups is 2. The Morgan fingerprint density at radius 2 is 1.71 bits per heavy atom. The third-order valence-corrected chi connectivity index (χ3v) is 5.74.